The predicted octanol–water partition coefficient (Wildman–Crippen LogP) is 4.81. The first-order valence-corrected chi connectivity index (χ1v) is 13.2. The lowest BCUT2D eigenvalue weighted by Gasteiger charge is -2.26. The smallest absolute Gasteiger partial charge is 0.417 e. The van der Waals surface area contributed by atoms with Gasteiger partial charge in [-0.15, -0.1) is 11.3 Å². The summed E-state index contributed by atoms with van der Waals surface area (Å²) in [5.41, 5.74) is -2.26. The number of benzene rings is 2. The molecule has 2 aliphatic rings. The van der Waals surface area contributed by atoms with Crippen molar-refractivity contribution in [2.75, 3.05) is 27.3 Å². The van der Waals surface area contributed by atoms with Crippen LogP contribution in [0.4, 0.5) is 22.0 Å². The van der Waals surface area contributed by atoms with E-state index in [0.29, 0.717) is 18.0 Å². The van der Waals surface area contributed by atoms with Crippen molar-refractivity contribution in [3.8, 4) is 17.2 Å². The Morgan fingerprint density at radius 3 is 2.67 bits per heavy atom. The molecular formula is C28H25F5N4O2S. The van der Waals surface area contributed by atoms with Crippen molar-refractivity contribution in [3.63, 3.8) is 0 Å². The summed E-state index contributed by atoms with van der Waals surface area (Å²) in [7, 11) is 3.02. The number of nitrogens with one attached hydrogen (secondary N) is 1. The number of thiophene rings is 1. The van der Waals surface area contributed by atoms with Crippen LogP contribution in [0, 0.1) is 35.8 Å². The van der Waals surface area contributed by atoms with E-state index in [4.69, 9.17) is 9.47 Å². The number of halogens is 5. The summed E-state index contributed by atoms with van der Waals surface area (Å²) in [6, 6.07) is 4.85. The molecular weight excluding hydrogens is 551 g/mol. The van der Waals surface area contributed by atoms with Crippen LogP contribution in [0.15, 0.2) is 23.2 Å². The molecule has 2 aromatic carbocycles. The van der Waals surface area contributed by atoms with Crippen molar-refractivity contribution in [1.82, 2.24) is 10.2 Å². The van der Waals surface area contributed by atoms with E-state index in [2.05, 4.69) is 10.3 Å². The monoisotopic (exact) mass is 576 g/mol. The van der Waals surface area contributed by atoms with E-state index in [9.17, 15) is 22.8 Å². The second kappa shape index (κ2) is 10.4. The third-order valence-corrected chi connectivity index (χ3v) is 8.25. The Morgan fingerprint density at radius 1 is 1.30 bits per heavy atom. The fourth-order valence-corrected chi connectivity index (χ4v) is 6.38. The Labute approximate surface area is 230 Å². The fraction of sp³-hybridized carbons (Fsp3) is 0.357. The normalized spacial score (nSPS) is 18.9. The van der Waals surface area contributed by atoms with E-state index in [0.717, 1.165) is 42.2 Å². The highest BCUT2D eigenvalue weighted by Gasteiger charge is 2.38. The van der Waals surface area contributed by atoms with Gasteiger partial charge in [-0.1, -0.05) is 6.07 Å². The van der Waals surface area contributed by atoms with Gasteiger partial charge in [-0.3, -0.25) is 5.32 Å². The van der Waals surface area contributed by atoms with Crippen LogP contribution in [0.25, 0.3) is 33.2 Å². The fourth-order valence-electron chi connectivity index (χ4n) is 5.34. The standard InChI is InChI=1S/C28H25F5N4O2S/c1-13-7-15(12-39-13)11-37(3)26-17-8-20(28(31,32)33)23(24(30)19(17)10-35-27(36-26)38-4)16-5-6-21(29)25-22(16)18(9-34)14(2)40-25/h5-6,8,10,13,15H,7,11-12H2,1-4H3,(H,35,36). The maximum atomic E-state index is 16.5. The molecule has 3 aromatic rings. The highest BCUT2D eigenvalue weighted by molar-refractivity contribution is 7.19. The van der Waals surface area contributed by atoms with Gasteiger partial charge >= 0.3 is 6.18 Å². The van der Waals surface area contributed by atoms with Crippen LogP contribution < -0.4 is 15.8 Å². The lowest BCUT2D eigenvalue weighted by Crippen LogP contribution is -2.43. The van der Waals surface area contributed by atoms with Crippen LogP contribution in [0.2, 0.25) is 0 Å². The highest BCUT2D eigenvalue weighted by atomic mass is 32.1. The molecule has 1 aromatic heterocycles. The predicted molar refractivity (Wildman–Crippen MR) is 142 cm³/mol. The maximum absolute atomic E-state index is 16.5. The van der Waals surface area contributed by atoms with Crippen LogP contribution in [-0.4, -0.2) is 44.3 Å². The van der Waals surface area contributed by atoms with E-state index in [1.54, 1.807) is 18.9 Å². The summed E-state index contributed by atoms with van der Waals surface area (Å²) in [6.07, 6.45) is -3.05. The highest BCUT2D eigenvalue weighted by Crippen LogP contribution is 2.44. The molecule has 2 unspecified atom stereocenters. The second-order valence-corrected chi connectivity index (χ2v) is 11.1. The molecule has 6 nitrogen and oxygen atoms in total. The minimum atomic E-state index is -4.99. The first-order chi connectivity index (χ1) is 18.9. The number of alkyl halides is 3. The summed E-state index contributed by atoms with van der Waals surface area (Å²) >= 11 is 0.934. The third kappa shape index (κ3) is 4.77. The van der Waals surface area contributed by atoms with Crippen LogP contribution in [0.3, 0.4) is 0 Å². The van der Waals surface area contributed by atoms with Crippen molar-refractivity contribution >= 4 is 39.5 Å². The molecule has 40 heavy (non-hydrogen) atoms. The lowest BCUT2D eigenvalue weighted by atomic mass is 9.92. The van der Waals surface area contributed by atoms with Gasteiger partial charge in [-0.05, 0) is 38.0 Å². The first kappa shape index (κ1) is 27.9. The number of hydrogen-bond acceptors (Lipinski definition) is 7. The number of aryl methyl sites for hydroxylation is 1. The molecule has 1 N–H and O–H groups in total. The molecule has 210 valence electrons. The Morgan fingerprint density at radius 2 is 2.05 bits per heavy atom. The van der Waals surface area contributed by atoms with Crippen molar-refractivity contribution in [2.24, 2.45) is 10.9 Å². The number of methoxy groups -OCH3 is 1. The number of fused-ring (bicyclic) bond motifs is 2. The second-order valence-electron chi connectivity index (χ2n) is 9.88. The van der Waals surface area contributed by atoms with E-state index in [-0.39, 0.29) is 55.5 Å². The molecule has 1 saturated heterocycles. The molecule has 3 heterocycles. The zero-order chi connectivity index (χ0) is 28.9. The molecule has 0 amide bonds. The summed E-state index contributed by atoms with van der Waals surface area (Å²) in [5, 5.41) is 12.3. The molecule has 12 heteroatoms. The SMILES string of the molecule is COC1=NC=c2c(F)c(-c3ccc(F)c4sc(C)c(C#N)c34)c(C(F)(F)F)cc2=C(N(C)CC2COC(C)C2)N1. The average molecular weight is 577 g/mol. The summed E-state index contributed by atoms with van der Waals surface area (Å²) in [4.78, 5) is 6.23. The number of nitriles is 1. The zero-order valence-corrected chi connectivity index (χ0v) is 22.9. The Hall–Kier alpha value is -3.69. The largest absolute Gasteiger partial charge is 0.468 e. The van der Waals surface area contributed by atoms with E-state index >= 15 is 4.39 Å². The van der Waals surface area contributed by atoms with Crippen LogP contribution in [0.5, 0.6) is 0 Å². The van der Waals surface area contributed by atoms with E-state index in [1.165, 1.54) is 7.11 Å². The maximum Gasteiger partial charge on any atom is 0.417 e. The van der Waals surface area contributed by atoms with Gasteiger partial charge in [0.25, 0.3) is 6.02 Å². The molecule has 0 radical (unpaired) electrons. The Balaban J connectivity index is 1.85. The van der Waals surface area contributed by atoms with Crippen LogP contribution in [0.1, 0.15) is 29.3 Å². The van der Waals surface area contributed by atoms with Gasteiger partial charge in [0, 0.05) is 52.0 Å². The van der Waals surface area contributed by atoms with Crippen molar-refractivity contribution in [1.29, 1.82) is 5.26 Å². The molecule has 2 atom stereocenters. The van der Waals surface area contributed by atoms with Crippen molar-refractivity contribution in [3.05, 3.63) is 56.3 Å². The lowest BCUT2D eigenvalue weighted by molar-refractivity contribution is -0.137. The number of rotatable bonds is 4. The number of nitrogens with zero attached hydrogens (tertiary/aromatic N) is 3. The molecule has 0 aliphatic carbocycles. The van der Waals surface area contributed by atoms with Crippen LogP contribution >= 0.6 is 11.3 Å². The van der Waals surface area contributed by atoms with Gasteiger partial charge in [0.05, 0.1) is 35.6 Å². The number of hydrogen-bond donors (Lipinski definition) is 1. The molecule has 0 bridgehead atoms. The average Bonchev–Trinajstić information content (AvgIpc) is 3.39. The van der Waals surface area contributed by atoms with Crippen molar-refractivity contribution < 1.29 is 31.4 Å². The summed E-state index contributed by atoms with van der Waals surface area (Å²) in [5.74, 6) is -1.62. The topological polar surface area (TPSA) is 69.9 Å². The van der Waals surface area contributed by atoms with Gasteiger partial charge in [0.15, 0.2) is 0 Å². The summed E-state index contributed by atoms with van der Waals surface area (Å²) in [6.45, 7) is 4.43. The molecule has 1 fully saturated rings. The first-order valence-electron chi connectivity index (χ1n) is 12.4. The van der Waals surface area contributed by atoms with Gasteiger partial charge in [-0.25, -0.2) is 13.8 Å². The Bertz CT molecular complexity index is 1710. The Kier molecular flexibility index (Phi) is 7.22. The summed E-state index contributed by atoms with van der Waals surface area (Å²) < 4.78 is 86.1. The van der Waals surface area contributed by atoms with Gasteiger partial charge in [0.1, 0.15) is 23.5 Å². The molecule has 0 saturated carbocycles. The zero-order valence-electron chi connectivity index (χ0n) is 22.0. The molecule has 2 aliphatic heterocycles. The van der Waals surface area contributed by atoms with E-state index in [1.807, 2.05) is 13.0 Å². The molecule has 5 rings (SSSR count). The van der Waals surface area contributed by atoms with Gasteiger partial charge in [0.2, 0.25) is 0 Å². The van der Waals surface area contributed by atoms with Crippen LogP contribution in [-0.2, 0) is 15.7 Å². The van der Waals surface area contributed by atoms with Gasteiger partial charge in [-0.2, -0.15) is 18.4 Å². The third-order valence-electron chi connectivity index (χ3n) is 7.14. The minimum Gasteiger partial charge on any atom is -0.468 e. The van der Waals surface area contributed by atoms with Crippen molar-refractivity contribution in [2.45, 2.75) is 32.5 Å². The number of aliphatic imine (C=N–C) groups is 1. The number of ether oxygens (including phenoxy) is 2. The quantitative estimate of drug-likeness (QED) is 0.452. The number of amidine groups is 1. The van der Waals surface area contributed by atoms with Gasteiger partial charge < -0.3 is 14.4 Å². The minimum absolute atomic E-state index is 0.00213. The van der Waals surface area contributed by atoms with E-state index < -0.39 is 28.9 Å². The molecule has 0 spiro atoms.